The summed E-state index contributed by atoms with van der Waals surface area (Å²) >= 11 is 0. The molecule has 2 heteroatoms. The zero-order valence-electron chi connectivity index (χ0n) is 12.3. The van der Waals surface area contributed by atoms with Crippen LogP contribution < -0.4 is 0 Å². The molecule has 0 N–H and O–H groups in total. The number of piperidine rings is 1. The largest absolute Gasteiger partial charge is 0.377 e. The predicted octanol–water partition coefficient (Wildman–Crippen LogP) is 3.15. The minimum absolute atomic E-state index is 0.504. The number of fused-ring (bicyclic) bond motifs is 2. The van der Waals surface area contributed by atoms with E-state index in [0.29, 0.717) is 11.5 Å². The minimum atomic E-state index is 0.504. The highest BCUT2D eigenvalue weighted by molar-refractivity contribution is 5.39. The molecular formula is C18H25NO. The van der Waals surface area contributed by atoms with Crippen molar-refractivity contribution < 1.29 is 4.74 Å². The highest BCUT2D eigenvalue weighted by atomic mass is 16.5. The van der Waals surface area contributed by atoms with Crippen molar-refractivity contribution in [2.75, 3.05) is 26.2 Å². The quantitative estimate of drug-likeness (QED) is 0.819. The molecule has 0 radical (unpaired) electrons. The van der Waals surface area contributed by atoms with Crippen LogP contribution in [0.1, 0.15) is 43.2 Å². The Hall–Kier alpha value is -0.860. The standard InChI is InChI=1S/C18H25NO/c1-2-6-17-15(4-1)7-8-18(17)9-11-19(12-10-18)14-16-5-3-13-20-16/h1-2,4,6,16H,3,5,7-14H2/t16-/m1/s1. The molecule has 2 nitrogen and oxygen atoms in total. The van der Waals surface area contributed by atoms with E-state index in [9.17, 15) is 0 Å². The van der Waals surface area contributed by atoms with Crippen LogP contribution in [0, 0.1) is 0 Å². The fourth-order valence-corrected chi connectivity index (χ4v) is 4.52. The van der Waals surface area contributed by atoms with Crippen molar-refractivity contribution in [2.45, 2.75) is 50.0 Å². The van der Waals surface area contributed by atoms with Gasteiger partial charge in [0.15, 0.2) is 0 Å². The molecule has 0 saturated carbocycles. The molecule has 0 bridgehead atoms. The summed E-state index contributed by atoms with van der Waals surface area (Å²) in [6.45, 7) is 4.66. The van der Waals surface area contributed by atoms with Gasteiger partial charge in [-0.2, -0.15) is 0 Å². The van der Waals surface area contributed by atoms with E-state index in [-0.39, 0.29) is 0 Å². The highest BCUT2D eigenvalue weighted by Crippen LogP contribution is 2.46. The number of hydrogen-bond acceptors (Lipinski definition) is 2. The SMILES string of the molecule is c1ccc2c(c1)CCC21CCN(C[C@H]2CCCO2)CC1. The van der Waals surface area contributed by atoms with Crippen LogP contribution in [0.15, 0.2) is 24.3 Å². The number of ether oxygens (including phenoxy) is 1. The van der Waals surface area contributed by atoms with Gasteiger partial charge in [-0.25, -0.2) is 0 Å². The Labute approximate surface area is 122 Å². The van der Waals surface area contributed by atoms with Crippen molar-refractivity contribution in [3.05, 3.63) is 35.4 Å². The lowest BCUT2D eigenvalue weighted by molar-refractivity contribution is 0.0551. The summed E-state index contributed by atoms with van der Waals surface area (Å²) in [5, 5.41) is 0. The van der Waals surface area contributed by atoms with E-state index in [2.05, 4.69) is 29.2 Å². The normalized spacial score (nSPS) is 28.9. The smallest absolute Gasteiger partial charge is 0.0702 e. The fourth-order valence-electron chi connectivity index (χ4n) is 4.52. The molecule has 2 fully saturated rings. The monoisotopic (exact) mass is 271 g/mol. The number of hydrogen-bond donors (Lipinski definition) is 0. The first kappa shape index (κ1) is 12.8. The number of likely N-dealkylation sites (tertiary alicyclic amines) is 1. The Morgan fingerprint density at radius 1 is 1.15 bits per heavy atom. The summed E-state index contributed by atoms with van der Waals surface area (Å²) in [6, 6.07) is 9.15. The van der Waals surface area contributed by atoms with Gasteiger partial charge in [0.05, 0.1) is 6.10 Å². The molecule has 1 spiro atoms. The predicted molar refractivity (Wildman–Crippen MR) is 81.1 cm³/mol. The van der Waals surface area contributed by atoms with Gasteiger partial charge >= 0.3 is 0 Å². The maximum atomic E-state index is 5.79. The average molecular weight is 271 g/mol. The lowest BCUT2D eigenvalue weighted by Gasteiger charge is -2.40. The topological polar surface area (TPSA) is 12.5 Å². The Bertz CT molecular complexity index is 470. The summed E-state index contributed by atoms with van der Waals surface area (Å²) in [5.74, 6) is 0. The molecule has 0 unspecified atom stereocenters. The van der Waals surface area contributed by atoms with E-state index in [0.717, 1.165) is 13.2 Å². The van der Waals surface area contributed by atoms with Crippen LogP contribution in [-0.4, -0.2) is 37.2 Å². The summed E-state index contributed by atoms with van der Waals surface area (Å²) in [7, 11) is 0. The average Bonchev–Trinajstić information content (AvgIpc) is 3.11. The van der Waals surface area contributed by atoms with Crippen molar-refractivity contribution in [1.29, 1.82) is 0 Å². The molecule has 0 aromatic heterocycles. The maximum Gasteiger partial charge on any atom is 0.0702 e. The van der Waals surface area contributed by atoms with Gasteiger partial charge in [-0.3, -0.25) is 0 Å². The van der Waals surface area contributed by atoms with Crippen molar-refractivity contribution >= 4 is 0 Å². The molecule has 4 rings (SSSR count). The molecule has 1 aromatic carbocycles. The van der Waals surface area contributed by atoms with Gasteiger partial charge in [-0.15, -0.1) is 0 Å². The van der Waals surface area contributed by atoms with Crippen molar-refractivity contribution in [3.8, 4) is 0 Å². The third-order valence-electron chi connectivity index (χ3n) is 5.76. The van der Waals surface area contributed by atoms with Crippen molar-refractivity contribution in [1.82, 2.24) is 4.90 Å². The second-order valence-corrected chi connectivity index (χ2v) is 6.87. The molecule has 1 aliphatic carbocycles. The summed E-state index contributed by atoms with van der Waals surface area (Å²) in [5.41, 5.74) is 3.78. The van der Waals surface area contributed by atoms with Gasteiger partial charge in [0.1, 0.15) is 0 Å². The van der Waals surface area contributed by atoms with E-state index < -0.39 is 0 Å². The zero-order chi connectivity index (χ0) is 13.4. The number of rotatable bonds is 2. The Morgan fingerprint density at radius 3 is 2.80 bits per heavy atom. The van der Waals surface area contributed by atoms with E-state index in [4.69, 9.17) is 4.74 Å². The maximum absolute atomic E-state index is 5.79. The Kier molecular flexibility index (Phi) is 3.31. The molecule has 20 heavy (non-hydrogen) atoms. The first-order chi connectivity index (χ1) is 9.86. The highest BCUT2D eigenvalue weighted by Gasteiger charge is 2.41. The van der Waals surface area contributed by atoms with Gasteiger partial charge in [0, 0.05) is 13.2 Å². The first-order valence-corrected chi connectivity index (χ1v) is 8.28. The molecule has 1 atom stereocenters. The van der Waals surface area contributed by atoms with Crippen molar-refractivity contribution in [2.24, 2.45) is 0 Å². The van der Waals surface area contributed by atoms with Crippen LogP contribution in [0.5, 0.6) is 0 Å². The lowest BCUT2D eigenvalue weighted by atomic mass is 9.74. The van der Waals surface area contributed by atoms with Gasteiger partial charge in [0.25, 0.3) is 0 Å². The van der Waals surface area contributed by atoms with Gasteiger partial charge in [-0.1, -0.05) is 24.3 Å². The van der Waals surface area contributed by atoms with E-state index >= 15 is 0 Å². The van der Waals surface area contributed by atoms with E-state index in [1.54, 1.807) is 11.1 Å². The minimum Gasteiger partial charge on any atom is -0.377 e. The molecular weight excluding hydrogens is 246 g/mol. The fraction of sp³-hybridized carbons (Fsp3) is 0.667. The molecule has 2 heterocycles. The summed E-state index contributed by atoms with van der Waals surface area (Å²) in [6.07, 6.45) is 8.40. The van der Waals surface area contributed by atoms with Gasteiger partial charge in [-0.05, 0) is 68.2 Å². The number of nitrogens with zero attached hydrogens (tertiary/aromatic N) is 1. The third kappa shape index (κ3) is 2.19. The summed E-state index contributed by atoms with van der Waals surface area (Å²) < 4.78 is 5.79. The molecule has 3 aliphatic rings. The Morgan fingerprint density at radius 2 is 2.00 bits per heavy atom. The van der Waals surface area contributed by atoms with Crippen LogP contribution in [0.3, 0.4) is 0 Å². The molecule has 108 valence electrons. The second-order valence-electron chi connectivity index (χ2n) is 6.87. The molecule has 0 amide bonds. The van der Waals surface area contributed by atoms with Crippen molar-refractivity contribution in [3.63, 3.8) is 0 Å². The lowest BCUT2D eigenvalue weighted by Crippen LogP contribution is -2.44. The van der Waals surface area contributed by atoms with Crippen LogP contribution in [0.25, 0.3) is 0 Å². The first-order valence-electron chi connectivity index (χ1n) is 8.28. The molecule has 2 saturated heterocycles. The Balaban J connectivity index is 1.42. The zero-order valence-corrected chi connectivity index (χ0v) is 12.3. The third-order valence-corrected chi connectivity index (χ3v) is 5.76. The molecule has 1 aromatic rings. The number of benzene rings is 1. The van der Waals surface area contributed by atoms with Crippen LogP contribution in [0.4, 0.5) is 0 Å². The van der Waals surface area contributed by atoms with Crippen LogP contribution in [0.2, 0.25) is 0 Å². The van der Waals surface area contributed by atoms with E-state index in [1.807, 2.05) is 0 Å². The van der Waals surface area contributed by atoms with Crippen LogP contribution >= 0.6 is 0 Å². The molecule has 2 aliphatic heterocycles. The summed E-state index contributed by atoms with van der Waals surface area (Å²) in [4.78, 5) is 2.64. The van der Waals surface area contributed by atoms with Gasteiger partial charge in [0.2, 0.25) is 0 Å². The van der Waals surface area contributed by atoms with E-state index in [1.165, 1.54) is 51.6 Å². The second kappa shape index (κ2) is 5.16. The van der Waals surface area contributed by atoms with Gasteiger partial charge < -0.3 is 9.64 Å². The van der Waals surface area contributed by atoms with Crippen LogP contribution in [-0.2, 0) is 16.6 Å². The number of aryl methyl sites for hydroxylation is 1.